The fraction of sp³-hybridized carbons (Fsp3) is 0.385. The van der Waals surface area contributed by atoms with E-state index in [2.05, 4.69) is 0 Å². The van der Waals surface area contributed by atoms with E-state index in [4.69, 9.17) is 14.7 Å². The number of nitriles is 1. The molecule has 1 saturated heterocycles. The summed E-state index contributed by atoms with van der Waals surface area (Å²) in [6, 6.07) is 8.94. The normalized spacial score (nSPS) is 19.0. The van der Waals surface area contributed by atoms with Gasteiger partial charge in [0.2, 0.25) is 0 Å². The minimum absolute atomic E-state index is 0.162. The first-order valence-corrected chi connectivity index (χ1v) is 5.69. The molecule has 1 aliphatic heterocycles. The van der Waals surface area contributed by atoms with E-state index < -0.39 is 6.10 Å². The lowest BCUT2D eigenvalue weighted by atomic mass is 10.2. The quantitative estimate of drug-likeness (QED) is 0.779. The average molecular weight is 246 g/mol. The number of carbonyl (C=O) groups excluding carboxylic acids is 1. The maximum Gasteiger partial charge on any atom is 0.258 e. The molecule has 0 radical (unpaired) electrons. The summed E-state index contributed by atoms with van der Waals surface area (Å²) in [6.07, 6.45) is -0.561. The van der Waals surface area contributed by atoms with Gasteiger partial charge in [0, 0.05) is 12.7 Å². The minimum atomic E-state index is -0.561. The molecule has 94 valence electrons. The maximum atomic E-state index is 12.1. The first-order valence-electron chi connectivity index (χ1n) is 5.69. The largest absolute Gasteiger partial charge is 0.376 e. The van der Waals surface area contributed by atoms with Crippen LogP contribution < -0.4 is 4.90 Å². The van der Waals surface area contributed by atoms with Crippen LogP contribution in [0.3, 0.4) is 0 Å². The van der Waals surface area contributed by atoms with E-state index in [1.54, 1.807) is 31.3 Å². The number of likely N-dealkylation sites (N-methyl/N-ethyl adjacent to an activating group) is 1. The monoisotopic (exact) mass is 246 g/mol. The van der Waals surface area contributed by atoms with E-state index in [0.717, 1.165) is 0 Å². The lowest BCUT2D eigenvalue weighted by molar-refractivity contribution is -0.144. The Morgan fingerprint density at radius 1 is 1.50 bits per heavy atom. The number of anilines is 1. The summed E-state index contributed by atoms with van der Waals surface area (Å²) in [6.45, 7) is 1.24. The van der Waals surface area contributed by atoms with Crippen molar-refractivity contribution in [3.05, 3.63) is 29.8 Å². The SMILES string of the molecule is CN(C(=O)C1COCCO1)c1cccc(C#N)c1. The third kappa shape index (κ3) is 2.67. The zero-order valence-corrected chi connectivity index (χ0v) is 10.1. The van der Waals surface area contributed by atoms with Crippen LogP contribution in [0, 0.1) is 11.3 Å². The fourth-order valence-electron chi connectivity index (χ4n) is 1.76. The van der Waals surface area contributed by atoms with E-state index >= 15 is 0 Å². The highest BCUT2D eigenvalue weighted by Gasteiger charge is 2.26. The van der Waals surface area contributed by atoms with E-state index in [0.29, 0.717) is 24.5 Å². The molecule has 1 aromatic carbocycles. The number of hydrogen-bond acceptors (Lipinski definition) is 4. The molecule has 1 unspecified atom stereocenters. The molecule has 5 heteroatoms. The molecule has 1 amide bonds. The van der Waals surface area contributed by atoms with Crippen molar-refractivity contribution in [2.75, 3.05) is 31.8 Å². The summed E-state index contributed by atoms with van der Waals surface area (Å²) < 4.78 is 10.6. The molecule has 0 bridgehead atoms. The smallest absolute Gasteiger partial charge is 0.258 e. The van der Waals surface area contributed by atoms with Gasteiger partial charge in [-0.15, -0.1) is 0 Å². The Morgan fingerprint density at radius 2 is 2.33 bits per heavy atom. The Kier molecular flexibility index (Phi) is 3.92. The van der Waals surface area contributed by atoms with E-state index in [1.165, 1.54) is 4.90 Å². The summed E-state index contributed by atoms with van der Waals surface area (Å²) in [7, 11) is 1.66. The molecule has 1 aromatic rings. The van der Waals surface area contributed by atoms with Crippen molar-refractivity contribution in [1.29, 1.82) is 5.26 Å². The molecule has 1 fully saturated rings. The van der Waals surface area contributed by atoms with Gasteiger partial charge >= 0.3 is 0 Å². The molecule has 18 heavy (non-hydrogen) atoms. The summed E-state index contributed by atoms with van der Waals surface area (Å²) in [5, 5.41) is 8.83. The van der Waals surface area contributed by atoms with Crippen molar-refractivity contribution in [2.24, 2.45) is 0 Å². The highest BCUT2D eigenvalue weighted by Crippen LogP contribution is 2.16. The number of rotatable bonds is 2. The number of amides is 1. The molecule has 0 aromatic heterocycles. The van der Waals surface area contributed by atoms with Crippen LogP contribution >= 0.6 is 0 Å². The summed E-state index contributed by atoms with van der Waals surface area (Å²) in [5.74, 6) is -0.162. The second kappa shape index (κ2) is 5.63. The van der Waals surface area contributed by atoms with E-state index in [-0.39, 0.29) is 12.5 Å². The molecule has 5 nitrogen and oxygen atoms in total. The molecule has 0 spiro atoms. The van der Waals surface area contributed by atoms with Crippen molar-refractivity contribution in [2.45, 2.75) is 6.10 Å². The van der Waals surface area contributed by atoms with Crippen LogP contribution in [-0.2, 0) is 14.3 Å². The van der Waals surface area contributed by atoms with Crippen LogP contribution in [0.2, 0.25) is 0 Å². The van der Waals surface area contributed by atoms with Crippen LogP contribution in [0.25, 0.3) is 0 Å². The van der Waals surface area contributed by atoms with E-state index in [9.17, 15) is 4.79 Å². The standard InChI is InChI=1S/C13H14N2O3/c1-15(11-4-2-3-10(7-11)8-14)13(16)12-9-17-5-6-18-12/h2-4,7,12H,5-6,9H2,1H3. The molecule has 0 aliphatic carbocycles. The predicted molar refractivity (Wildman–Crippen MR) is 65.1 cm³/mol. The van der Waals surface area contributed by atoms with Crippen LogP contribution in [0.4, 0.5) is 5.69 Å². The summed E-state index contributed by atoms with van der Waals surface area (Å²) in [5.41, 5.74) is 1.20. The molecule has 0 N–H and O–H groups in total. The molecule has 1 atom stereocenters. The zero-order chi connectivity index (χ0) is 13.0. The average Bonchev–Trinajstić information content (AvgIpc) is 2.46. The lowest BCUT2D eigenvalue weighted by Crippen LogP contribution is -2.43. The number of hydrogen-bond donors (Lipinski definition) is 0. The number of nitrogens with zero attached hydrogens (tertiary/aromatic N) is 2. The van der Waals surface area contributed by atoms with Crippen molar-refractivity contribution >= 4 is 11.6 Å². The van der Waals surface area contributed by atoms with Gasteiger partial charge in [-0.25, -0.2) is 0 Å². The molecule has 0 saturated carbocycles. The van der Waals surface area contributed by atoms with Crippen molar-refractivity contribution in [1.82, 2.24) is 0 Å². The Hall–Kier alpha value is -1.90. The number of ether oxygens (including phenoxy) is 2. The van der Waals surface area contributed by atoms with Crippen LogP contribution in [0.1, 0.15) is 5.56 Å². The predicted octanol–water partition coefficient (Wildman–Crippen LogP) is 0.936. The molecule has 2 rings (SSSR count). The number of carbonyl (C=O) groups is 1. The van der Waals surface area contributed by atoms with E-state index in [1.807, 2.05) is 6.07 Å². The summed E-state index contributed by atoms with van der Waals surface area (Å²) >= 11 is 0. The van der Waals surface area contributed by atoms with Gasteiger partial charge in [0.25, 0.3) is 5.91 Å². The Balaban J connectivity index is 2.12. The highest BCUT2D eigenvalue weighted by atomic mass is 16.6. The van der Waals surface area contributed by atoms with Gasteiger partial charge in [-0.1, -0.05) is 6.07 Å². The molecular formula is C13H14N2O3. The van der Waals surface area contributed by atoms with Gasteiger partial charge in [0.1, 0.15) is 0 Å². The topological polar surface area (TPSA) is 62.6 Å². The third-order valence-electron chi connectivity index (χ3n) is 2.78. The highest BCUT2D eigenvalue weighted by molar-refractivity contribution is 5.96. The molecule has 1 heterocycles. The maximum absolute atomic E-state index is 12.1. The van der Waals surface area contributed by atoms with Gasteiger partial charge in [-0.2, -0.15) is 5.26 Å². The van der Waals surface area contributed by atoms with Gasteiger partial charge in [-0.05, 0) is 18.2 Å². The lowest BCUT2D eigenvalue weighted by Gasteiger charge is -2.26. The first-order chi connectivity index (χ1) is 8.72. The Bertz CT molecular complexity index is 475. The zero-order valence-electron chi connectivity index (χ0n) is 10.1. The van der Waals surface area contributed by atoms with Crippen LogP contribution in [-0.4, -0.2) is 38.9 Å². The Morgan fingerprint density at radius 3 is 3.00 bits per heavy atom. The van der Waals surface area contributed by atoms with Gasteiger partial charge in [0.15, 0.2) is 6.10 Å². The molecule has 1 aliphatic rings. The Labute approximate surface area is 106 Å². The first kappa shape index (κ1) is 12.6. The van der Waals surface area contributed by atoms with Gasteiger partial charge < -0.3 is 14.4 Å². The third-order valence-corrected chi connectivity index (χ3v) is 2.78. The van der Waals surface area contributed by atoms with Gasteiger partial charge in [0.05, 0.1) is 31.5 Å². The minimum Gasteiger partial charge on any atom is -0.376 e. The fourth-order valence-corrected chi connectivity index (χ4v) is 1.76. The summed E-state index contributed by atoms with van der Waals surface area (Å²) in [4.78, 5) is 13.6. The van der Waals surface area contributed by atoms with Crippen LogP contribution in [0.5, 0.6) is 0 Å². The van der Waals surface area contributed by atoms with Crippen molar-refractivity contribution in [3.8, 4) is 6.07 Å². The van der Waals surface area contributed by atoms with Crippen molar-refractivity contribution < 1.29 is 14.3 Å². The number of benzene rings is 1. The van der Waals surface area contributed by atoms with Crippen molar-refractivity contribution in [3.63, 3.8) is 0 Å². The second-order valence-corrected chi connectivity index (χ2v) is 3.99. The van der Waals surface area contributed by atoms with Gasteiger partial charge in [-0.3, -0.25) is 4.79 Å². The molecular weight excluding hydrogens is 232 g/mol. The van der Waals surface area contributed by atoms with Crippen LogP contribution in [0.15, 0.2) is 24.3 Å². The second-order valence-electron chi connectivity index (χ2n) is 3.99.